The average molecular weight is 360 g/mol. The number of ether oxygens (including phenoxy) is 2. The number of thiophene rings is 1. The molecule has 2 heterocycles. The van der Waals surface area contributed by atoms with E-state index in [9.17, 15) is 4.79 Å². The van der Waals surface area contributed by atoms with E-state index < -0.39 is 0 Å². The van der Waals surface area contributed by atoms with Gasteiger partial charge < -0.3 is 14.8 Å². The quantitative estimate of drug-likeness (QED) is 0.784. The molecule has 1 aliphatic rings. The Hall–Kier alpha value is -1.89. The van der Waals surface area contributed by atoms with Crippen LogP contribution in [0.25, 0.3) is 0 Å². The van der Waals surface area contributed by atoms with Gasteiger partial charge in [-0.2, -0.15) is 0 Å². The Morgan fingerprint density at radius 1 is 1.36 bits per heavy atom. The summed E-state index contributed by atoms with van der Waals surface area (Å²) in [6.45, 7) is 2.74. The molecule has 1 amide bonds. The Morgan fingerprint density at radius 2 is 2.20 bits per heavy atom. The fraction of sp³-hybridized carbons (Fsp3) is 0.421. The first kappa shape index (κ1) is 17.9. The van der Waals surface area contributed by atoms with E-state index in [2.05, 4.69) is 21.7 Å². The smallest absolute Gasteiger partial charge is 0.238 e. The SMILES string of the molecule is COc1ccc(NC(=O)CN(Cc2cccs2)C[C@@H]2CCCO2)cc1. The van der Waals surface area contributed by atoms with E-state index in [4.69, 9.17) is 9.47 Å². The van der Waals surface area contributed by atoms with Gasteiger partial charge in [0.1, 0.15) is 5.75 Å². The van der Waals surface area contributed by atoms with Gasteiger partial charge in [-0.3, -0.25) is 9.69 Å². The van der Waals surface area contributed by atoms with Crippen molar-refractivity contribution in [2.45, 2.75) is 25.5 Å². The molecule has 1 aromatic heterocycles. The Morgan fingerprint density at radius 3 is 2.84 bits per heavy atom. The molecule has 1 fully saturated rings. The maximum Gasteiger partial charge on any atom is 0.238 e. The monoisotopic (exact) mass is 360 g/mol. The molecule has 5 nitrogen and oxygen atoms in total. The summed E-state index contributed by atoms with van der Waals surface area (Å²) in [5.74, 6) is 0.760. The third kappa shape index (κ3) is 5.56. The predicted molar refractivity (Wildman–Crippen MR) is 100 cm³/mol. The van der Waals surface area contributed by atoms with Crippen molar-refractivity contribution >= 4 is 22.9 Å². The van der Waals surface area contributed by atoms with E-state index in [0.29, 0.717) is 6.54 Å². The first-order valence-electron chi connectivity index (χ1n) is 8.53. The Balaban J connectivity index is 1.57. The molecule has 2 aromatic rings. The molecule has 0 aliphatic carbocycles. The zero-order chi connectivity index (χ0) is 17.5. The summed E-state index contributed by atoms with van der Waals surface area (Å²) in [5.41, 5.74) is 0.777. The molecule has 3 rings (SSSR count). The van der Waals surface area contributed by atoms with Gasteiger partial charge in [-0.1, -0.05) is 6.07 Å². The number of benzene rings is 1. The molecule has 1 aromatic carbocycles. The third-order valence-corrected chi connectivity index (χ3v) is 5.05. The van der Waals surface area contributed by atoms with Crippen LogP contribution in [0.2, 0.25) is 0 Å². The minimum atomic E-state index is -0.0141. The molecule has 1 aliphatic heterocycles. The Bertz CT molecular complexity index is 652. The normalized spacial score (nSPS) is 17.0. The van der Waals surface area contributed by atoms with Crippen molar-refractivity contribution in [3.8, 4) is 5.75 Å². The van der Waals surface area contributed by atoms with Crippen molar-refractivity contribution in [2.24, 2.45) is 0 Å². The largest absolute Gasteiger partial charge is 0.497 e. The maximum atomic E-state index is 12.5. The van der Waals surface area contributed by atoms with E-state index in [-0.39, 0.29) is 12.0 Å². The molecule has 0 saturated carbocycles. The Kier molecular flexibility index (Phi) is 6.44. The van der Waals surface area contributed by atoms with Crippen LogP contribution in [-0.4, -0.2) is 43.7 Å². The zero-order valence-electron chi connectivity index (χ0n) is 14.4. The highest BCUT2D eigenvalue weighted by atomic mass is 32.1. The zero-order valence-corrected chi connectivity index (χ0v) is 15.3. The highest BCUT2D eigenvalue weighted by molar-refractivity contribution is 7.09. The highest BCUT2D eigenvalue weighted by Gasteiger charge is 2.21. The number of rotatable bonds is 8. The number of nitrogens with one attached hydrogen (secondary N) is 1. The van der Waals surface area contributed by atoms with Gasteiger partial charge in [0.05, 0.1) is 19.8 Å². The Labute approximate surface area is 152 Å². The molecular formula is C19H24N2O3S. The second-order valence-corrected chi connectivity index (χ2v) is 7.19. The van der Waals surface area contributed by atoms with Crippen LogP contribution in [0.4, 0.5) is 5.69 Å². The van der Waals surface area contributed by atoms with Crippen molar-refractivity contribution in [1.29, 1.82) is 0 Å². The predicted octanol–water partition coefficient (Wildman–Crippen LogP) is 3.38. The van der Waals surface area contributed by atoms with Crippen LogP contribution < -0.4 is 10.1 Å². The molecule has 25 heavy (non-hydrogen) atoms. The molecular weight excluding hydrogens is 336 g/mol. The molecule has 1 N–H and O–H groups in total. The van der Waals surface area contributed by atoms with Crippen LogP contribution in [0, 0.1) is 0 Å². The van der Waals surface area contributed by atoms with Crippen molar-refractivity contribution in [3.63, 3.8) is 0 Å². The fourth-order valence-corrected chi connectivity index (χ4v) is 3.71. The highest BCUT2D eigenvalue weighted by Crippen LogP contribution is 2.18. The average Bonchev–Trinajstić information content (AvgIpc) is 3.29. The molecule has 0 bridgehead atoms. The lowest BCUT2D eigenvalue weighted by atomic mass is 10.2. The van der Waals surface area contributed by atoms with Gasteiger partial charge in [-0.05, 0) is 48.6 Å². The minimum Gasteiger partial charge on any atom is -0.497 e. The van der Waals surface area contributed by atoms with Crippen molar-refractivity contribution in [2.75, 3.05) is 32.1 Å². The number of carbonyl (C=O) groups excluding carboxylic acids is 1. The number of anilines is 1. The lowest BCUT2D eigenvalue weighted by Gasteiger charge is -2.24. The van der Waals surface area contributed by atoms with E-state index in [1.54, 1.807) is 18.4 Å². The van der Waals surface area contributed by atoms with E-state index in [0.717, 1.165) is 44.0 Å². The lowest BCUT2D eigenvalue weighted by molar-refractivity contribution is -0.117. The number of hydrogen-bond donors (Lipinski definition) is 1. The first-order chi connectivity index (χ1) is 12.2. The second kappa shape index (κ2) is 8.99. The van der Waals surface area contributed by atoms with Gasteiger partial charge in [-0.25, -0.2) is 0 Å². The molecule has 0 radical (unpaired) electrons. The molecule has 1 saturated heterocycles. The van der Waals surface area contributed by atoms with Crippen molar-refractivity contribution in [3.05, 3.63) is 46.7 Å². The summed E-state index contributed by atoms with van der Waals surface area (Å²) in [6, 6.07) is 11.5. The second-order valence-electron chi connectivity index (χ2n) is 6.16. The minimum absolute atomic E-state index is 0.0141. The van der Waals surface area contributed by atoms with E-state index in [1.165, 1.54) is 4.88 Å². The van der Waals surface area contributed by atoms with Crippen molar-refractivity contribution in [1.82, 2.24) is 4.90 Å². The third-order valence-electron chi connectivity index (χ3n) is 4.19. The lowest BCUT2D eigenvalue weighted by Crippen LogP contribution is -2.37. The molecule has 1 atom stereocenters. The van der Waals surface area contributed by atoms with E-state index >= 15 is 0 Å². The number of amides is 1. The summed E-state index contributed by atoms with van der Waals surface area (Å²) in [5, 5.41) is 5.02. The maximum absolute atomic E-state index is 12.5. The number of hydrogen-bond acceptors (Lipinski definition) is 5. The van der Waals surface area contributed by atoms with Crippen LogP contribution >= 0.6 is 11.3 Å². The standard InChI is InChI=1S/C19H24N2O3S/c1-23-16-8-6-15(7-9-16)20-19(22)14-21(12-17-4-2-10-24-17)13-18-5-3-11-25-18/h3,5-9,11,17H,2,4,10,12-14H2,1H3,(H,20,22)/t17-/m0/s1. The number of methoxy groups -OCH3 is 1. The van der Waals surface area contributed by atoms with Gasteiger partial charge >= 0.3 is 0 Å². The summed E-state index contributed by atoms with van der Waals surface area (Å²) in [6.07, 6.45) is 2.41. The van der Waals surface area contributed by atoms with Crippen LogP contribution in [0.1, 0.15) is 17.7 Å². The van der Waals surface area contributed by atoms with Crippen LogP contribution in [0.5, 0.6) is 5.75 Å². The first-order valence-corrected chi connectivity index (χ1v) is 9.41. The van der Waals surface area contributed by atoms with Gasteiger partial charge in [0.2, 0.25) is 5.91 Å². The van der Waals surface area contributed by atoms with Gasteiger partial charge in [0.25, 0.3) is 0 Å². The molecule has 0 spiro atoms. The molecule has 6 heteroatoms. The molecule has 0 unspecified atom stereocenters. The summed E-state index contributed by atoms with van der Waals surface area (Å²) in [7, 11) is 1.63. The van der Waals surface area contributed by atoms with Crippen LogP contribution in [-0.2, 0) is 16.1 Å². The summed E-state index contributed by atoms with van der Waals surface area (Å²) < 4.78 is 10.9. The fourth-order valence-electron chi connectivity index (χ4n) is 2.96. The summed E-state index contributed by atoms with van der Waals surface area (Å²) in [4.78, 5) is 15.9. The van der Waals surface area contributed by atoms with E-state index in [1.807, 2.05) is 30.3 Å². The van der Waals surface area contributed by atoms with Crippen LogP contribution in [0.15, 0.2) is 41.8 Å². The topological polar surface area (TPSA) is 50.8 Å². The van der Waals surface area contributed by atoms with Gasteiger partial charge in [0.15, 0.2) is 0 Å². The number of nitrogens with zero attached hydrogens (tertiary/aromatic N) is 1. The van der Waals surface area contributed by atoms with Gasteiger partial charge in [0, 0.05) is 30.3 Å². The van der Waals surface area contributed by atoms with Crippen LogP contribution in [0.3, 0.4) is 0 Å². The van der Waals surface area contributed by atoms with Crippen molar-refractivity contribution < 1.29 is 14.3 Å². The summed E-state index contributed by atoms with van der Waals surface area (Å²) >= 11 is 1.72. The number of carbonyl (C=O) groups is 1. The molecule has 134 valence electrons. The van der Waals surface area contributed by atoms with Gasteiger partial charge in [-0.15, -0.1) is 11.3 Å².